The highest BCUT2D eigenvalue weighted by Crippen LogP contribution is 2.25. The zero-order valence-corrected chi connectivity index (χ0v) is 12.4. The van der Waals surface area contributed by atoms with Crippen molar-refractivity contribution in [1.29, 1.82) is 0 Å². The van der Waals surface area contributed by atoms with E-state index in [9.17, 15) is 0 Å². The van der Waals surface area contributed by atoms with Crippen LogP contribution in [0, 0.1) is 11.8 Å². The molecule has 0 aliphatic carbocycles. The Labute approximate surface area is 118 Å². The Morgan fingerprint density at radius 2 is 2.05 bits per heavy atom. The minimum absolute atomic E-state index is 0.670. The Kier molecular flexibility index (Phi) is 5.41. The van der Waals surface area contributed by atoms with Crippen LogP contribution in [0.1, 0.15) is 32.3 Å². The van der Waals surface area contributed by atoms with Crippen molar-refractivity contribution in [3.8, 4) is 0 Å². The minimum Gasteiger partial charge on any atom is -0.330 e. The van der Waals surface area contributed by atoms with Crippen molar-refractivity contribution in [1.82, 2.24) is 4.90 Å². The maximum atomic E-state index is 5.92. The van der Waals surface area contributed by atoms with Crippen molar-refractivity contribution in [2.45, 2.75) is 39.2 Å². The van der Waals surface area contributed by atoms with Crippen molar-refractivity contribution in [2.24, 2.45) is 17.6 Å². The van der Waals surface area contributed by atoms with E-state index in [-0.39, 0.29) is 0 Å². The van der Waals surface area contributed by atoms with Crippen LogP contribution in [0.3, 0.4) is 0 Å². The molecule has 0 spiro atoms. The fraction of sp³-hybridized carbons (Fsp3) is 0.647. The standard InChI is InChI=1S/C17H28N2/c1-3-17(11-15-7-5-4-6-8-15)19-10-9-14(2)16(12-18)13-19/h4-8,14,16-17H,3,9-13,18H2,1-2H3. The van der Waals surface area contributed by atoms with Gasteiger partial charge in [0.15, 0.2) is 0 Å². The van der Waals surface area contributed by atoms with Gasteiger partial charge in [0.25, 0.3) is 0 Å². The van der Waals surface area contributed by atoms with Crippen LogP contribution in [0.25, 0.3) is 0 Å². The topological polar surface area (TPSA) is 29.3 Å². The summed E-state index contributed by atoms with van der Waals surface area (Å²) >= 11 is 0. The first-order valence-electron chi connectivity index (χ1n) is 7.72. The average Bonchev–Trinajstić information content (AvgIpc) is 2.46. The van der Waals surface area contributed by atoms with Crippen molar-refractivity contribution in [2.75, 3.05) is 19.6 Å². The van der Waals surface area contributed by atoms with Crippen LogP contribution in [0.15, 0.2) is 30.3 Å². The quantitative estimate of drug-likeness (QED) is 0.882. The van der Waals surface area contributed by atoms with E-state index in [0.717, 1.165) is 12.5 Å². The van der Waals surface area contributed by atoms with E-state index in [4.69, 9.17) is 5.73 Å². The summed E-state index contributed by atoms with van der Waals surface area (Å²) in [7, 11) is 0. The van der Waals surface area contributed by atoms with Crippen LogP contribution in [0.4, 0.5) is 0 Å². The van der Waals surface area contributed by atoms with Gasteiger partial charge in [0.1, 0.15) is 0 Å². The molecule has 1 heterocycles. The molecule has 1 aliphatic rings. The number of benzene rings is 1. The number of hydrogen-bond donors (Lipinski definition) is 1. The van der Waals surface area contributed by atoms with Crippen LogP contribution in [0.2, 0.25) is 0 Å². The van der Waals surface area contributed by atoms with Gasteiger partial charge < -0.3 is 5.73 Å². The van der Waals surface area contributed by atoms with E-state index >= 15 is 0 Å². The molecular weight excluding hydrogens is 232 g/mol. The summed E-state index contributed by atoms with van der Waals surface area (Å²) in [5, 5.41) is 0. The fourth-order valence-electron chi connectivity index (χ4n) is 3.23. The van der Waals surface area contributed by atoms with Crippen molar-refractivity contribution >= 4 is 0 Å². The monoisotopic (exact) mass is 260 g/mol. The molecule has 1 aromatic rings. The maximum Gasteiger partial charge on any atom is 0.0133 e. The molecule has 1 aromatic carbocycles. The summed E-state index contributed by atoms with van der Waals surface area (Å²) in [4.78, 5) is 2.67. The Hall–Kier alpha value is -0.860. The molecule has 0 bridgehead atoms. The zero-order chi connectivity index (χ0) is 13.7. The largest absolute Gasteiger partial charge is 0.330 e. The third-order valence-corrected chi connectivity index (χ3v) is 4.75. The Balaban J connectivity index is 1.98. The first-order valence-corrected chi connectivity index (χ1v) is 7.72. The lowest BCUT2D eigenvalue weighted by atomic mass is 9.85. The molecule has 0 aromatic heterocycles. The summed E-state index contributed by atoms with van der Waals surface area (Å²) < 4.78 is 0. The summed E-state index contributed by atoms with van der Waals surface area (Å²) in [5.41, 5.74) is 7.38. The molecule has 3 atom stereocenters. The molecule has 0 saturated carbocycles. The normalized spacial score (nSPS) is 26.3. The lowest BCUT2D eigenvalue weighted by Gasteiger charge is -2.41. The first-order chi connectivity index (χ1) is 9.24. The van der Waals surface area contributed by atoms with Gasteiger partial charge >= 0.3 is 0 Å². The third kappa shape index (κ3) is 3.80. The predicted molar refractivity (Wildman–Crippen MR) is 82.1 cm³/mol. The molecular formula is C17H28N2. The third-order valence-electron chi connectivity index (χ3n) is 4.75. The number of piperidine rings is 1. The molecule has 106 valence electrons. The van der Waals surface area contributed by atoms with E-state index in [2.05, 4.69) is 49.1 Å². The lowest BCUT2D eigenvalue weighted by molar-refractivity contribution is 0.0885. The molecule has 0 radical (unpaired) electrons. The van der Waals surface area contributed by atoms with Gasteiger partial charge in [0, 0.05) is 12.6 Å². The van der Waals surface area contributed by atoms with Crippen LogP contribution in [-0.4, -0.2) is 30.6 Å². The fourth-order valence-corrected chi connectivity index (χ4v) is 3.23. The Morgan fingerprint density at radius 1 is 1.32 bits per heavy atom. The van der Waals surface area contributed by atoms with E-state index in [0.29, 0.717) is 12.0 Å². The summed E-state index contributed by atoms with van der Waals surface area (Å²) in [5.74, 6) is 1.47. The molecule has 2 rings (SSSR count). The maximum absolute atomic E-state index is 5.92. The molecule has 0 amide bonds. The summed E-state index contributed by atoms with van der Waals surface area (Å²) in [6.45, 7) is 7.92. The summed E-state index contributed by atoms with van der Waals surface area (Å²) in [6, 6.07) is 11.5. The van der Waals surface area contributed by atoms with Gasteiger partial charge in [-0.15, -0.1) is 0 Å². The van der Waals surface area contributed by atoms with E-state index in [1.807, 2.05) is 0 Å². The van der Waals surface area contributed by atoms with Gasteiger partial charge in [0.2, 0.25) is 0 Å². The molecule has 1 fully saturated rings. The van der Waals surface area contributed by atoms with Gasteiger partial charge in [0.05, 0.1) is 0 Å². The van der Waals surface area contributed by atoms with Crippen molar-refractivity contribution < 1.29 is 0 Å². The van der Waals surface area contributed by atoms with E-state index in [1.165, 1.54) is 37.9 Å². The number of nitrogens with two attached hydrogens (primary N) is 1. The number of rotatable bonds is 5. The highest BCUT2D eigenvalue weighted by molar-refractivity contribution is 5.16. The van der Waals surface area contributed by atoms with E-state index < -0.39 is 0 Å². The highest BCUT2D eigenvalue weighted by Gasteiger charge is 2.28. The molecule has 19 heavy (non-hydrogen) atoms. The lowest BCUT2D eigenvalue weighted by Crippen LogP contribution is -2.48. The van der Waals surface area contributed by atoms with Crippen LogP contribution in [-0.2, 0) is 6.42 Å². The first kappa shape index (κ1) is 14.5. The Morgan fingerprint density at radius 3 is 2.68 bits per heavy atom. The Bertz CT molecular complexity index is 363. The average molecular weight is 260 g/mol. The zero-order valence-electron chi connectivity index (χ0n) is 12.4. The minimum atomic E-state index is 0.670. The predicted octanol–water partition coefficient (Wildman–Crippen LogP) is 2.92. The molecule has 1 aliphatic heterocycles. The number of likely N-dealkylation sites (tertiary alicyclic amines) is 1. The SMILES string of the molecule is CCC(Cc1ccccc1)N1CCC(C)C(CN)C1. The smallest absolute Gasteiger partial charge is 0.0133 e. The molecule has 3 unspecified atom stereocenters. The number of hydrogen-bond acceptors (Lipinski definition) is 2. The molecule has 1 saturated heterocycles. The van der Waals surface area contributed by atoms with Crippen LogP contribution < -0.4 is 5.73 Å². The number of nitrogens with zero attached hydrogens (tertiary/aromatic N) is 1. The van der Waals surface area contributed by atoms with Crippen LogP contribution >= 0.6 is 0 Å². The van der Waals surface area contributed by atoms with Crippen molar-refractivity contribution in [3.05, 3.63) is 35.9 Å². The second-order valence-electron chi connectivity index (χ2n) is 6.01. The van der Waals surface area contributed by atoms with Gasteiger partial charge in [-0.2, -0.15) is 0 Å². The van der Waals surface area contributed by atoms with Gasteiger partial charge in [-0.25, -0.2) is 0 Å². The van der Waals surface area contributed by atoms with E-state index in [1.54, 1.807) is 0 Å². The van der Waals surface area contributed by atoms with Gasteiger partial charge in [-0.05, 0) is 49.8 Å². The van der Waals surface area contributed by atoms with Crippen LogP contribution in [0.5, 0.6) is 0 Å². The van der Waals surface area contributed by atoms with Gasteiger partial charge in [-0.1, -0.05) is 44.2 Å². The molecule has 2 heteroatoms. The second kappa shape index (κ2) is 7.06. The summed E-state index contributed by atoms with van der Waals surface area (Å²) in [6.07, 6.45) is 3.69. The molecule has 2 N–H and O–H groups in total. The highest BCUT2D eigenvalue weighted by atomic mass is 15.2. The second-order valence-corrected chi connectivity index (χ2v) is 6.01. The van der Waals surface area contributed by atoms with Gasteiger partial charge in [-0.3, -0.25) is 4.90 Å². The molecule has 2 nitrogen and oxygen atoms in total. The van der Waals surface area contributed by atoms with Crippen molar-refractivity contribution in [3.63, 3.8) is 0 Å².